The molecule has 8 nitrogen and oxygen atoms in total. The Morgan fingerprint density at radius 1 is 1.00 bits per heavy atom. The third-order valence-corrected chi connectivity index (χ3v) is 5.38. The van der Waals surface area contributed by atoms with Gasteiger partial charge in [-0.3, -0.25) is 9.78 Å². The van der Waals surface area contributed by atoms with Crippen LogP contribution >= 0.6 is 0 Å². The smallest absolute Gasteiger partial charge is 0.339 e. The third-order valence-electron chi connectivity index (χ3n) is 5.38. The molecule has 204 valence electrons. The first-order valence-electron chi connectivity index (χ1n) is 12.5. The lowest BCUT2D eigenvalue weighted by Gasteiger charge is -2.07. The Hall–Kier alpha value is -4.50. The van der Waals surface area contributed by atoms with Crippen molar-refractivity contribution in [3.63, 3.8) is 0 Å². The number of H-pyrrole nitrogens is 1. The number of amides is 1. The Labute approximate surface area is 226 Å². The van der Waals surface area contributed by atoms with Gasteiger partial charge in [0.25, 0.3) is 0 Å². The largest absolute Gasteiger partial charge is 0.460 e. The Morgan fingerprint density at radius 2 is 1.74 bits per heavy atom. The molecule has 4 aromatic rings. The van der Waals surface area contributed by atoms with Gasteiger partial charge in [0, 0.05) is 24.9 Å². The molecule has 0 saturated heterocycles. The van der Waals surface area contributed by atoms with E-state index in [0.29, 0.717) is 29.1 Å². The van der Waals surface area contributed by atoms with Crippen LogP contribution in [0, 0.1) is 19.7 Å². The number of aryl methyl sites for hydroxylation is 2. The Morgan fingerprint density at radius 3 is 2.46 bits per heavy atom. The lowest BCUT2D eigenvalue weighted by Crippen LogP contribution is -2.11. The number of hydrogen-bond acceptors (Lipinski definition) is 6. The average molecular weight is 534 g/mol. The maximum absolute atomic E-state index is 13.2. The van der Waals surface area contributed by atoms with E-state index in [1.54, 1.807) is 42.7 Å². The molecule has 0 fully saturated rings. The molecule has 39 heavy (non-hydrogen) atoms. The number of ether oxygens (including phenoxy) is 2. The highest BCUT2D eigenvalue weighted by Gasteiger charge is 2.12. The quantitative estimate of drug-likeness (QED) is 0.221. The van der Waals surface area contributed by atoms with E-state index in [-0.39, 0.29) is 30.6 Å². The van der Waals surface area contributed by atoms with Gasteiger partial charge in [0.05, 0.1) is 29.2 Å². The van der Waals surface area contributed by atoms with Gasteiger partial charge in [-0.15, -0.1) is 0 Å². The van der Waals surface area contributed by atoms with Crippen molar-refractivity contribution >= 4 is 17.6 Å². The molecule has 2 heterocycles. The Kier molecular flexibility index (Phi) is 10.8. The molecule has 0 aliphatic carbocycles. The molecule has 0 bridgehead atoms. The minimum absolute atomic E-state index is 0.0303. The molecule has 0 radical (unpaired) electrons. The topological polar surface area (TPSA) is 114 Å². The van der Waals surface area contributed by atoms with Gasteiger partial charge < -0.3 is 24.9 Å². The normalized spacial score (nSPS) is 10.3. The van der Waals surface area contributed by atoms with Crippen LogP contribution < -0.4 is 10.1 Å². The average Bonchev–Trinajstić information content (AvgIpc) is 3.42. The van der Waals surface area contributed by atoms with Gasteiger partial charge in [-0.05, 0) is 62.2 Å². The number of halogens is 1. The van der Waals surface area contributed by atoms with Crippen molar-refractivity contribution in [2.24, 2.45) is 0 Å². The van der Waals surface area contributed by atoms with Gasteiger partial charge in [0.1, 0.15) is 23.9 Å². The molecule has 2 aromatic carbocycles. The summed E-state index contributed by atoms with van der Waals surface area (Å²) in [6.07, 6.45) is 4.38. The summed E-state index contributed by atoms with van der Waals surface area (Å²) < 4.78 is 23.9. The van der Waals surface area contributed by atoms with Gasteiger partial charge in [0.15, 0.2) is 0 Å². The lowest BCUT2D eigenvalue weighted by atomic mass is 10.2. The standard InChI is InChI=1S/C19H18N2O4.C11H14FNO/c1-13-2-4-15(5-3-13)25-16-6-7-20-18(11-16)17-10-14(12-21-17)19(23)24-9-8-22;1-3-4-11(14)13-10-7-8(2)5-6-9(10)12/h2-7,10-12,21-22H,8-9H2,1H3;5-7H,3-4H2,1-2H3,(H,13,14). The molecule has 9 heteroatoms. The predicted molar refractivity (Wildman–Crippen MR) is 147 cm³/mol. The number of aliphatic hydroxyl groups excluding tert-OH is 1. The molecule has 3 N–H and O–H groups in total. The lowest BCUT2D eigenvalue weighted by molar-refractivity contribution is -0.116. The van der Waals surface area contributed by atoms with Crippen LogP contribution in [0.2, 0.25) is 0 Å². The molecule has 0 unspecified atom stereocenters. The van der Waals surface area contributed by atoms with Crippen LogP contribution in [0.4, 0.5) is 10.1 Å². The number of hydrogen-bond donors (Lipinski definition) is 3. The van der Waals surface area contributed by atoms with E-state index in [4.69, 9.17) is 14.6 Å². The summed E-state index contributed by atoms with van der Waals surface area (Å²) in [5, 5.41) is 11.2. The number of aliphatic hydroxyl groups is 1. The summed E-state index contributed by atoms with van der Waals surface area (Å²) in [7, 11) is 0. The molecule has 1 amide bonds. The van der Waals surface area contributed by atoms with E-state index in [2.05, 4.69) is 15.3 Å². The third kappa shape index (κ3) is 9.08. The molecule has 0 atom stereocenters. The molecule has 0 aliphatic rings. The fourth-order valence-electron chi connectivity index (χ4n) is 3.42. The molecular weight excluding hydrogens is 501 g/mol. The van der Waals surface area contributed by atoms with Crippen LogP contribution in [-0.4, -0.2) is 40.2 Å². The molecule has 0 saturated carbocycles. The van der Waals surface area contributed by atoms with E-state index < -0.39 is 5.97 Å². The molecular formula is C30H32FN3O5. The van der Waals surface area contributed by atoms with Gasteiger partial charge in [0.2, 0.25) is 5.91 Å². The van der Waals surface area contributed by atoms with Crippen LogP contribution in [0.25, 0.3) is 11.4 Å². The first-order valence-corrected chi connectivity index (χ1v) is 12.5. The van der Waals surface area contributed by atoms with Crippen molar-refractivity contribution in [3.05, 3.63) is 95.6 Å². The second kappa shape index (κ2) is 14.4. The minimum atomic E-state index is -0.497. The number of pyridine rings is 1. The van der Waals surface area contributed by atoms with Crippen LogP contribution in [0.3, 0.4) is 0 Å². The number of benzene rings is 2. The molecule has 4 rings (SSSR count). The van der Waals surface area contributed by atoms with Crippen LogP contribution in [0.15, 0.2) is 73.1 Å². The van der Waals surface area contributed by atoms with Gasteiger partial charge in [-0.1, -0.05) is 30.7 Å². The second-order valence-electron chi connectivity index (χ2n) is 8.73. The zero-order chi connectivity index (χ0) is 28.2. The highest BCUT2D eigenvalue weighted by molar-refractivity contribution is 5.91. The summed E-state index contributed by atoms with van der Waals surface area (Å²) >= 11 is 0. The number of aromatic nitrogens is 2. The maximum Gasteiger partial charge on any atom is 0.339 e. The van der Waals surface area contributed by atoms with Crippen molar-refractivity contribution in [2.75, 3.05) is 18.5 Å². The van der Waals surface area contributed by atoms with Crippen LogP contribution in [0.1, 0.15) is 41.3 Å². The fourth-order valence-corrected chi connectivity index (χ4v) is 3.42. The molecule has 0 aliphatic heterocycles. The number of carbonyl (C=O) groups excluding carboxylic acids is 2. The number of carbonyl (C=O) groups is 2. The second-order valence-corrected chi connectivity index (χ2v) is 8.73. The number of anilines is 1. The SMILES string of the molecule is CCCC(=O)Nc1cc(C)ccc1F.Cc1ccc(Oc2ccnc(-c3cc(C(=O)OCCO)c[nH]3)c2)cc1. The first kappa shape index (κ1) is 29.1. The van der Waals surface area contributed by atoms with Gasteiger partial charge >= 0.3 is 5.97 Å². The number of nitrogens with one attached hydrogen (secondary N) is 2. The Balaban J connectivity index is 0.000000255. The van der Waals surface area contributed by atoms with E-state index in [1.807, 2.05) is 45.0 Å². The van der Waals surface area contributed by atoms with E-state index >= 15 is 0 Å². The van der Waals surface area contributed by atoms with Crippen molar-refractivity contribution in [1.82, 2.24) is 9.97 Å². The van der Waals surface area contributed by atoms with Crippen LogP contribution in [-0.2, 0) is 9.53 Å². The van der Waals surface area contributed by atoms with Crippen LogP contribution in [0.5, 0.6) is 11.5 Å². The van der Waals surface area contributed by atoms with Crippen molar-refractivity contribution in [2.45, 2.75) is 33.6 Å². The Bertz CT molecular complexity index is 1390. The molecule has 0 spiro atoms. The monoisotopic (exact) mass is 533 g/mol. The zero-order valence-electron chi connectivity index (χ0n) is 22.2. The predicted octanol–water partition coefficient (Wildman–Crippen LogP) is 6.20. The number of nitrogens with zero attached hydrogens (tertiary/aromatic N) is 1. The van der Waals surface area contributed by atoms with Crippen molar-refractivity contribution < 1.29 is 28.6 Å². The van der Waals surface area contributed by atoms with Crippen molar-refractivity contribution in [3.8, 4) is 22.9 Å². The highest BCUT2D eigenvalue weighted by atomic mass is 19.1. The fraction of sp³-hybridized carbons (Fsp3) is 0.233. The molecule has 2 aromatic heterocycles. The van der Waals surface area contributed by atoms with E-state index in [1.165, 1.54) is 6.07 Å². The number of aromatic amines is 1. The first-order chi connectivity index (χ1) is 18.8. The number of rotatable bonds is 9. The van der Waals surface area contributed by atoms with Gasteiger partial charge in [-0.25, -0.2) is 9.18 Å². The highest BCUT2D eigenvalue weighted by Crippen LogP contribution is 2.26. The van der Waals surface area contributed by atoms with E-state index in [0.717, 1.165) is 23.3 Å². The van der Waals surface area contributed by atoms with Crippen molar-refractivity contribution in [1.29, 1.82) is 0 Å². The summed E-state index contributed by atoms with van der Waals surface area (Å²) in [5.74, 6) is 0.357. The summed E-state index contributed by atoms with van der Waals surface area (Å²) in [5.41, 5.74) is 4.04. The van der Waals surface area contributed by atoms with Gasteiger partial charge in [-0.2, -0.15) is 0 Å². The zero-order valence-corrected chi connectivity index (χ0v) is 22.2. The maximum atomic E-state index is 13.2. The summed E-state index contributed by atoms with van der Waals surface area (Å²) in [6.45, 7) is 5.55. The number of esters is 1. The minimum Gasteiger partial charge on any atom is -0.460 e. The van der Waals surface area contributed by atoms with E-state index in [9.17, 15) is 14.0 Å². The summed E-state index contributed by atoms with van der Waals surface area (Å²) in [6, 6.07) is 17.6. The summed E-state index contributed by atoms with van der Waals surface area (Å²) in [4.78, 5) is 30.3.